The molecule has 0 bridgehead atoms. The molecule has 1 saturated carbocycles. The summed E-state index contributed by atoms with van der Waals surface area (Å²) in [6.07, 6.45) is 11.0. The van der Waals surface area contributed by atoms with E-state index in [1.54, 1.807) is 12.4 Å². The molecule has 1 aliphatic carbocycles. The lowest BCUT2D eigenvalue weighted by Crippen LogP contribution is -2.32. The molecule has 3 atom stereocenters. The Kier molecular flexibility index (Phi) is 6.02. The van der Waals surface area contributed by atoms with Crippen LogP contribution in [0.25, 0.3) is 0 Å². The lowest BCUT2D eigenvalue weighted by Gasteiger charge is -2.32. The van der Waals surface area contributed by atoms with Gasteiger partial charge >= 0.3 is 0 Å². The van der Waals surface area contributed by atoms with Crippen molar-refractivity contribution in [2.24, 2.45) is 17.8 Å². The van der Waals surface area contributed by atoms with Crippen LogP contribution in [0, 0.1) is 17.8 Å². The summed E-state index contributed by atoms with van der Waals surface area (Å²) in [6, 6.07) is 5.61. The second kappa shape index (κ2) is 9.22. The predicted molar refractivity (Wildman–Crippen MR) is 117 cm³/mol. The van der Waals surface area contributed by atoms with Gasteiger partial charge in [0.15, 0.2) is 11.5 Å². The minimum absolute atomic E-state index is 0.0265. The Bertz CT molecular complexity index is 907. The highest BCUT2D eigenvalue weighted by Gasteiger charge is 2.40. The molecule has 1 amide bonds. The van der Waals surface area contributed by atoms with Gasteiger partial charge in [0.1, 0.15) is 0 Å². The molecule has 5 rings (SSSR count). The first-order valence-corrected chi connectivity index (χ1v) is 11.4. The predicted octanol–water partition coefficient (Wildman–Crippen LogP) is 3.17. The van der Waals surface area contributed by atoms with E-state index in [4.69, 9.17) is 9.47 Å². The number of amides is 1. The minimum Gasteiger partial charge on any atom is -0.490 e. The van der Waals surface area contributed by atoms with Crippen LogP contribution < -0.4 is 14.8 Å². The number of fused-ring (bicyclic) bond motifs is 2. The van der Waals surface area contributed by atoms with Gasteiger partial charge in [0.2, 0.25) is 5.91 Å². The molecule has 2 aromatic rings. The quantitative estimate of drug-likeness (QED) is 0.798. The van der Waals surface area contributed by atoms with Crippen LogP contribution in [0.2, 0.25) is 0 Å². The molecule has 1 aromatic heterocycles. The number of nitrogens with zero attached hydrogens (tertiary/aromatic N) is 3. The molecular weight excluding hydrogens is 392 g/mol. The lowest BCUT2D eigenvalue weighted by molar-refractivity contribution is -0.117. The summed E-state index contributed by atoms with van der Waals surface area (Å²) in [5.74, 6) is 3.43. The van der Waals surface area contributed by atoms with Crippen molar-refractivity contribution in [1.82, 2.24) is 14.9 Å². The number of rotatable bonds is 5. The van der Waals surface area contributed by atoms with E-state index in [-0.39, 0.29) is 5.91 Å². The van der Waals surface area contributed by atoms with Gasteiger partial charge in [0, 0.05) is 49.9 Å². The smallest absolute Gasteiger partial charge is 0.238 e. The van der Waals surface area contributed by atoms with Crippen LogP contribution in [-0.4, -0.2) is 53.6 Å². The summed E-state index contributed by atoms with van der Waals surface area (Å²) in [6.45, 7) is 3.73. The van der Waals surface area contributed by atoms with Crippen LogP contribution in [0.4, 0.5) is 5.69 Å². The van der Waals surface area contributed by atoms with Gasteiger partial charge < -0.3 is 14.8 Å². The number of ether oxygens (including phenoxy) is 2. The van der Waals surface area contributed by atoms with Crippen molar-refractivity contribution in [3.63, 3.8) is 0 Å². The molecule has 0 unspecified atom stereocenters. The number of carbonyl (C=O) groups excluding carboxylic acids is 1. The van der Waals surface area contributed by atoms with Gasteiger partial charge in [0.05, 0.1) is 25.5 Å². The second-order valence-corrected chi connectivity index (χ2v) is 8.97. The van der Waals surface area contributed by atoms with E-state index in [1.165, 1.54) is 19.3 Å². The van der Waals surface area contributed by atoms with E-state index in [1.807, 2.05) is 24.4 Å². The van der Waals surface area contributed by atoms with Gasteiger partial charge in [-0.15, -0.1) is 0 Å². The molecule has 2 fully saturated rings. The van der Waals surface area contributed by atoms with Crippen molar-refractivity contribution in [3.8, 4) is 11.5 Å². The third kappa shape index (κ3) is 4.82. The van der Waals surface area contributed by atoms with E-state index in [0.29, 0.717) is 43.3 Å². The molecule has 7 nitrogen and oxygen atoms in total. The standard InChI is InChI=1S/C24H30N4O3/c29-24(27-19-5-6-22-23(12-19)31-10-2-9-30-22)16-28-14-18-4-1-3-17(21(18)15-28)11-20-13-25-7-8-26-20/h5-8,12-13,17-18,21H,1-4,9-11,14-16H2,(H,27,29)/t17-,18-,21-/m1/s1. The van der Waals surface area contributed by atoms with Crippen LogP contribution in [0.1, 0.15) is 31.4 Å². The Labute approximate surface area is 183 Å². The molecule has 7 heteroatoms. The SMILES string of the molecule is O=C(CN1C[C@H]2CCC[C@H](Cc3cnccn3)[C@H]2C1)Nc1ccc2c(c1)OCCCO2. The molecule has 1 saturated heterocycles. The number of aromatic nitrogens is 2. The van der Waals surface area contributed by atoms with Crippen LogP contribution in [0.15, 0.2) is 36.8 Å². The summed E-state index contributed by atoms with van der Waals surface area (Å²) in [4.78, 5) is 23.8. The molecule has 3 aliphatic rings. The van der Waals surface area contributed by atoms with E-state index >= 15 is 0 Å². The fourth-order valence-electron chi connectivity index (χ4n) is 5.42. The Morgan fingerprint density at radius 1 is 1.10 bits per heavy atom. The van der Waals surface area contributed by atoms with Crippen molar-refractivity contribution in [2.75, 3.05) is 38.2 Å². The van der Waals surface area contributed by atoms with E-state index in [9.17, 15) is 4.79 Å². The van der Waals surface area contributed by atoms with Gasteiger partial charge in [-0.25, -0.2) is 0 Å². The molecule has 1 aromatic carbocycles. The molecule has 3 heterocycles. The van der Waals surface area contributed by atoms with Gasteiger partial charge in [0.25, 0.3) is 0 Å². The van der Waals surface area contributed by atoms with Gasteiger partial charge in [-0.05, 0) is 49.1 Å². The zero-order valence-corrected chi connectivity index (χ0v) is 17.8. The van der Waals surface area contributed by atoms with Crippen LogP contribution in [-0.2, 0) is 11.2 Å². The number of hydrogen-bond acceptors (Lipinski definition) is 6. The number of hydrogen-bond donors (Lipinski definition) is 1. The number of carbonyl (C=O) groups is 1. The molecule has 31 heavy (non-hydrogen) atoms. The van der Waals surface area contributed by atoms with Crippen LogP contribution in [0.5, 0.6) is 11.5 Å². The van der Waals surface area contributed by atoms with Crippen molar-refractivity contribution in [2.45, 2.75) is 32.1 Å². The minimum atomic E-state index is 0.0265. The molecule has 164 valence electrons. The van der Waals surface area contributed by atoms with Crippen LogP contribution in [0.3, 0.4) is 0 Å². The maximum Gasteiger partial charge on any atom is 0.238 e. The Morgan fingerprint density at radius 3 is 2.87 bits per heavy atom. The summed E-state index contributed by atoms with van der Waals surface area (Å²) < 4.78 is 11.4. The first kappa shape index (κ1) is 20.2. The average molecular weight is 423 g/mol. The van der Waals surface area contributed by atoms with E-state index < -0.39 is 0 Å². The zero-order chi connectivity index (χ0) is 21.0. The van der Waals surface area contributed by atoms with Gasteiger partial charge in [-0.1, -0.05) is 6.42 Å². The fourth-order valence-corrected chi connectivity index (χ4v) is 5.42. The maximum absolute atomic E-state index is 12.7. The normalized spacial score (nSPS) is 25.5. The third-order valence-corrected chi connectivity index (χ3v) is 6.81. The van der Waals surface area contributed by atoms with Gasteiger partial charge in [-0.2, -0.15) is 0 Å². The molecule has 0 radical (unpaired) electrons. The Morgan fingerprint density at radius 2 is 2.00 bits per heavy atom. The lowest BCUT2D eigenvalue weighted by atomic mass is 9.72. The third-order valence-electron chi connectivity index (χ3n) is 6.81. The van der Waals surface area contributed by atoms with Crippen molar-refractivity contribution < 1.29 is 14.3 Å². The second-order valence-electron chi connectivity index (χ2n) is 8.97. The van der Waals surface area contributed by atoms with Crippen LogP contribution >= 0.6 is 0 Å². The first-order chi connectivity index (χ1) is 15.2. The van der Waals surface area contributed by atoms with Crippen molar-refractivity contribution in [3.05, 3.63) is 42.5 Å². The summed E-state index contributed by atoms with van der Waals surface area (Å²) in [5.41, 5.74) is 1.84. The molecule has 1 N–H and O–H groups in total. The van der Waals surface area contributed by atoms with Crippen molar-refractivity contribution in [1.29, 1.82) is 0 Å². The monoisotopic (exact) mass is 422 g/mol. The van der Waals surface area contributed by atoms with E-state index in [2.05, 4.69) is 20.2 Å². The molecule has 2 aliphatic heterocycles. The van der Waals surface area contributed by atoms with Gasteiger partial charge in [-0.3, -0.25) is 19.7 Å². The molecule has 0 spiro atoms. The summed E-state index contributed by atoms with van der Waals surface area (Å²) in [5, 5.41) is 3.04. The van der Waals surface area contributed by atoms with E-state index in [0.717, 1.165) is 43.1 Å². The molecular formula is C24H30N4O3. The number of nitrogens with one attached hydrogen (secondary N) is 1. The number of anilines is 1. The highest BCUT2D eigenvalue weighted by Crippen LogP contribution is 2.41. The highest BCUT2D eigenvalue weighted by molar-refractivity contribution is 5.92. The Hall–Kier alpha value is -2.67. The summed E-state index contributed by atoms with van der Waals surface area (Å²) in [7, 11) is 0. The largest absolute Gasteiger partial charge is 0.490 e. The Balaban J connectivity index is 1.17. The maximum atomic E-state index is 12.7. The zero-order valence-electron chi connectivity index (χ0n) is 17.8. The number of benzene rings is 1. The first-order valence-electron chi connectivity index (χ1n) is 11.4. The summed E-state index contributed by atoms with van der Waals surface area (Å²) >= 11 is 0. The number of likely N-dealkylation sites (tertiary alicyclic amines) is 1. The topological polar surface area (TPSA) is 76.6 Å². The fraction of sp³-hybridized carbons (Fsp3) is 0.542. The highest BCUT2D eigenvalue weighted by atomic mass is 16.5. The van der Waals surface area contributed by atoms with Crippen molar-refractivity contribution >= 4 is 11.6 Å². The average Bonchev–Trinajstić information content (AvgIpc) is 3.04.